The molecular weight excluding hydrogens is 240 g/mol. The second-order valence-corrected chi connectivity index (χ2v) is 3.91. The van der Waals surface area contributed by atoms with E-state index in [1.807, 2.05) is 30.3 Å². The number of carbonyl (C=O) groups excluding carboxylic acids is 2. The van der Waals surface area contributed by atoms with Crippen LogP contribution in [0.15, 0.2) is 30.3 Å². The van der Waals surface area contributed by atoms with E-state index in [-0.39, 0.29) is 24.2 Å². The molecule has 17 heavy (non-hydrogen) atoms. The number of alkyl halides is 1. The van der Waals surface area contributed by atoms with Gasteiger partial charge in [0.2, 0.25) is 11.8 Å². The van der Waals surface area contributed by atoms with E-state index in [0.29, 0.717) is 6.54 Å². The molecule has 0 unspecified atom stereocenters. The molecule has 0 aliphatic rings. The van der Waals surface area contributed by atoms with E-state index in [1.165, 1.54) is 0 Å². The normalized spacial score (nSPS) is 9.76. The van der Waals surface area contributed by atoms with Gasteiger partial charge in [0, 0.05) is 13.6 Å². The van der Waals surface area contributed by atoms with Crippen molar-refractivity contribution in [3.8, 4) is 0 Å². The van der Waals surface area contributed by atoms with Crippen molar-refractivity contribution in [2.45, 2.75) is 6.54 Å². The topological polar surface area (TPSA) is 49.4 Å². The highest BCUT2D eigenvalue weighted by molar-refractivity contribution is 6.27. The van der Waals surface area contributed by atoms with Crippen LogP contribution in [-0.2, 0) is 16.1 Å². The standard InChI is InChI=1S/C12H15ClN2O2/c1-15(9-10-5-3-2-4-6-10)12(17)8-14-11(16)7-13/h2-6H,7-9H2,1H3,(H,14,16). The van der Waals surface area contributed by atoms with Gasteiger partial charge in [-0.3, -0.25) is 9.59 Å². The molecular formula is C12H15ClN2O2. The number of hydrogen-bond acceptors (Lipinski definition) is 2. The average molecular weight is 255 g/mol. The molecule has 0 saturated heterocycles. The first-order chi connectivity index (χ1) is 8.13. The summed E-state index contributed by atoms with van der Waals surface area (Å²) >= 11 is 5.31. The van der Waals surface area contributed by atoms with Gasteiger partial charge in [0.1, 0.15) is 5.88 Å². The molecule has 1 aromatic carbocycles. The van der Waals surface area contributed by atoms with Crippen LogP contribution in [0.1, 0.15) is 5.56 Å². The van der Waals surface area contributed by atoms with Gasteiger partial charge >= 0.3 is 0 Å². The highest BCUT2D eigenvalue weighted by atomic mass is 35.5. The largest absolute Gasteiger partial charge is 0.346 e. The van der Waals surface area contributed by atoms with E-state index >= 15 is 0 Å². The Balaban J connectivity index is 2.40. The van der Waals surface area contributed by atoms with E-state index in [0.717, 1.165) is 5.56 Å². The number of nitrogens with zero attached hydrogens (tertiary/aromatic N) is 1. The summed E-state index contributed by atoms with van der Waals surface area (Å²) in [6.45, 7) is 0.505. The van der Waals surface area contributed by atoms with Crippen LogP contribution in [-0.4, -0.2) is 36.2 Å². The Hall–Kier alpha value is -1.55. The van der Waals surface area contributed by atoms with Crippen molar-refractivity contribution in [2.75, 3.05) is 19.5 Å². The van der Waals surface area contributed by atoms with E-state index in [1.54, 1.807) is 11.9 Å². The molecule has 0 heterocycles. The number of likely N-dealkylation sites (N-methyl/N-ethyl adjacent to an activating group) is 1. The Morgan fingerprint density at radius 1 is 1.29 bits per heavy atom. The third-order valence-electron chi connectivity index (χ3n) is 2.25. The third kappa shape index (κ3) is 4.87. The van der Waals surface area contributed by atoms with Crippen LogP contribution in [0.2, 0.25) is 0 Å². The van der Waals surface area contributed by atoms with E-state index < -0.39 is 0 Å². The predicted octanol–water partition coefficient (Wildman–Crippen LogP) is 1.000. The fourth-order valence-electron chi connectivity index (χ4n) is 1.30. The molecule has 1 aromatic rings. The number of rotatable bonds is 5. The second kappa shape index (κ2) is 6.91. The fraction of sp³-hybridized carbons (Fsp3) is 0.333. The number of amides is 2. The summed E-state index contributed by atoms with van der Waals surface area (Å²) in [5, 5.41) is 2.44. The van der Waals surface area contributed by atoms with Gasteiger partial charge in [0.05, 0.1) is 6.54 Å². The number of halogens is 1. The number of hydrogen-bond donors (Lipinski definition) is 1. The van der Waals surface area contributed by atoms with Gasteiger partial charge in [0.25, 0.3) is 0 Å². The zero-order valence-electron chi connectivity index (χ0n) is 9.65. The van der Waals surface area contributed by atoms with Crippen LogP contribution >= 0.6 is 11.6 Å². The predicted molar refractivity (Wildman–Crippen MR) is 66.6 cm³/mol. The molecule has 1 N–H and O–H groups in total. The van der Waals surface area contributed by atoms with Crippen molar-refractivity contribution in [2.24, 2.45) is 0 Å². The second-order valence-electron chi connectivity index (χ2n) is 3.65. The van der Waals surface area contributed by atoms with Crippen molar-refractivity contribution in [1.82, 2.24) is 10.2 Å². The van der Waals surface area contributed by atoms with Gasteiger partial charge in [-0.2, -0.15) is 0 Å². The molecule has 0 bridgehead atoms. The first-order valence-electron chi connectivity index (χ1n) is 5.24. The molecule has 5 heteroatoms. The third-order valence-corrected chi connectivity index (χ3v) is 2.49. The maximum absolute atomic E-state index is 11.6. The molecule has 0 aliphatic carbocycles. The van der Waals surface area contributed by atoms with Crippen molar-refractivity contribution >= 4 is 23.4 Å². The lowest BCUT2D eigenvalue weighted by Crippen LogP contribution is -2.38. The summed E-state index contributed by atoms with van der Waals surface area (Å²) < 4.78 is 0. The molecule has 92 valence electrons. The van der Waals surface area contributed by atoms with Gasteiger partial charge in [-0.05, 0) is 5.56 Å². The Labute approximate surface area is 106 Å². The van der Waals surface area contributed by atoms with Gasteiger partial charge < -0.3 is 10.2 Å². The highest BCUT2D eigenvalue weighted by Gasteiger charge is 2.10. The molecule has 2 amide bonds. The van der Waals surface area contributed by atoms with Gasteiger partial charge in [0.15, 0.2) is 0 Å². The summed E-state index contributed by atoms with van der Waals surface area (Å²) in [6, 6.07) is 9.65. The van der Waals surface area contributed by atoms with E-state index in [9.17, 15) is 9.59 Å². The van der Waals surface area contributed by atoms with Gasteiger partial charge in [-0.1, -0.05) is 30.3 Å². The lowest BCUT2D eigenvalue weighted by molar-refractivity contribution is -0.131. The quantitative estimate of drug-likeness (QED) is 0.797. The summed E-state index contributed by atoms with van der Waals surface area (Å²) in [5.41, 5.74) is 1.05. The molecule has 0 saturated carbocycles. The molecule has 1 rings (SSSR count). The van der Waals surface area contributed by atoms with Crippen molar-refractivity contribution in [3.63, 3.8) is 0 Å². The van der Waals surface area contributed by atoms with Gasteiger partial charge in [-0.15, -0.1) is 11.6 Å². The Bertz CT molecular complexity index is 381. The summed E-state index contributed by atoms with van der Waals surface area (Å²) in [7, 11) is 1.70. The molecule has 0 spiro atoms. The Morgan fingerprint density at radius 3 is 2.53 bits per heavy atom. The van der Waals surface area contributed by atoms with Crippen LogP contribution < -0.4 is 5.32 Å². The van der Waals surface area contributed by atoms with E-state index in [2.05, 4.69) is 5.32 Å². The first kappa shape index (κ1) is 13.5. The zero-order valence-corrected chi connectivity index (χ0v) is 10.4. The maximum atomic E-state index is 11.6. The minimum Gasteiger partial charge on any atom is -0.346 e. The maximum Gasteiger partial charge on any atom is 0.242 e. The van der Waals surface area contributed by atoms with Crippen molar-refractivity contribution < 1.29 is 9.59 Å². The summed E-state index contributed by atoms with van der Waals surface area (Å²) in [4.78, 5) is 24.1. The highest BCUT2D eigenvalue weighted by Crippen LogP contribution is 2.02. The Morgan fingerprint density at radius 2 is 1.94 bits per heavy atom. The van der Waals surface area contributed by atoms with Crippen LogP contribution in [0.4, 0.5) is 0 Å². The van der Waals surface area contributed by atoms with E-state index in [4.69, 9.17) is 11.6 Å². The Kier molecular flexibility index (Phi) is 5.49. The molecule has 0 radical (unpaired) electrons. The minimum atomic E-state index is -0.340. The van der Waals surface area contributed by atoms with Crippen LogP contribution in [0.3, 0.4) is 0 Å². The number of carbonyl (C=O) groups is 2. The average Bonchev–Trinajstić information content (AvgIpc) is 2.36. The molecule has 0 atom stereocenters. The van der Waals surface area contributed by atoms with Crippen LogP contribution in [0.25, 0.3) is 0 Å². The number of nitrogens with one attached hydrogen (secondary N) is 1. The SMILES string of the molecule is CN(Cc1ccccc1)C(=O)CNC(=O)CCl. The van der Waals surface area contributed by atoms with Crippen molar-refractivity contribution in [3.05, 3.63) is 35.9 Å². The first-order valence-corrected chi connectivity index (χ1v) is 5.77. The van der Waals surface area contributed by atoms with Crippen molar-refractivity contribution in [1.29, 1.82) is 0 Å². The molecule has 4 nitrogen and oxygen atoms in total. The smallest absolute Gasteiger partial charge is 0.242 e. The lowest BCUT2D eigenvalue weighted by atomic mass is 10.2. The van der Waals surface area contributed by atoms with Gasteiger partial charge in [-0.25, -0.2) is 0 Å². The minimum absolute atomic E-state index is 0.0190. The molecule has 0 aliphatic heterocycles. The van der Waals surface area contributed by atoms with Crippen LogP contribution in [0.5, 0.6) is 0 Å². The van der Waals surface area contributed by atoms with Crippen LogP contribution in [0, 0.1) is 0 Å². The number of benzene rings is 1. The zero-order chi connectivity index (χ0) is 12.7. The fourth-order valence-corrected chi connectivity index (χ4v) is 1.40. The lowest BCUT2D eigenvalue weighted by Gasteiger charge is -2.17. The molecule has 0 fully saturated rings. The summed E-state index contributed by atoms with van der Waals surface area (Å²) in [6.07, 6.45) is 0. The molecule has 0 aromatic heterocycles. The summed E-state index contributed by atoms with van der Waals surface area (Å²) in [5.74, 6) is -0.615. The monoisotopic (exact) mass is 254 g/mol.